The summed E-state index contributed by atoms with van der Waals surface area (Å²) in [6.07, 6.45) is 0.981. The minimum absolute atomic E-state index is 0.00674. The molecule has 1 saturated heterocycles. The van der Waals surface area contributed by atoms with E-state index in [1.54, 1.807) is 24.3 Å². The first-order valence-electron chi connectivity index (χ1n) is 7.83. The van der Waals surface area contributed by atoms with Gasteiger partial charge in [-0.15, -0.1) is 0 Å². The average Bonchev–Trinajstić information content (AvgIpc) is 2.64. The Kier molecular flexibility index (Phi) is 4.57. The van der Waals surface area contributed by atoms with Crippen molar-refractivity contribution >= 4 is 11.8 Å². The number of nitrogens with one attached hydrogen (secondary N) is 2. The Labute approximate surface area is 140 Å². The van der Waals surface area contributed by atoms with Gasteiger partial charge in [0.2, 0.25) is 5.91 Å². The van der Waals surface area contributed by atoms with Gasteiger partial charge in [-0.3, -0.25) is 9.59 Å². The first-order chi connectivity index (χ1) is 11.7. The minimum atomic E-state index is -0.241. The molecule has 5 nitrogen and oxygen atoms in total. The molecule has 2 N–H and O–H groups in total. The maximum Gasteiger partial charge on any atom is 0.251 e. The van der Waals surface area contributed by atoms with Gasteiger partial charge in [0.25, 0.3) is 5.91 Å². The topological polar surface area (TPSA) is 82.0 Å². The van der Waals surface area contributed by atoms with Gasteiger partial charge < -0.3 is 10.6 Å². The van der Waals surface area contributed by atoms with E-state index in [0.717, 1.165) is 5.56 Å². The van der Waals surface area contributed by atoms with E-state index in [1.165, 1.54) is 0 Å². The summed E-state index contributed by atoms with van der Waals surface area (Å²) in [6.45, 7) is 0. The third kappa shape index (κ3) is 3.44. The molecule has 0 aromatic heterocycles. The first-order valence-corrected chi connectivity index (χ1v) is 7.83. The van der Waals surface area contributed by atoms with Crippen LogP contribution in [0.1, 0.15) is 40.4 Å². The van der Waals surface area contributed by atoms with Crippen molar-refractivity contribution in [2.24, 2.45) is 0 Å². The van der Waals surface area contributed by atoms with E-state index in [9.17, 15) is 9.59 Å². The Morgan fingerprint density at radius 2 is 1.83 bits per heavy atom. The first kappa shape index (κ1) is 15.8. The van der Waals surface area contributed by atoms with E-state index in [-0.39, 0.29) is 23.9 Å². The number of nitriles is 1. The second-order valence-electron chi connectivity index (χ2n) is 5.76. The molecule has 2 aromatic carbocycles. The number of amides is 2. The van der Waals surface area contributed by atoms with Gasteiger partial charge in [0.15, 0.2) is 0 Å². The van der Waals surface area contributed by atoms with Crippen molar-refractivity contribution in [1.82, 2.24) is 10.6 Å². The maximum atomic E-state index is 12.5. The van der Waals surface area contributed by atoms with Crippen LogP contribution in [-0.4, -0.2) is 17.9 Å². The van der Waals surface area contributed by atoms with Gasteiger partial charge in [-0.05, 0) is 36.2 Å². The molecular weight excluding hydrogens is 302 g/mol. The van der Waals surface area contributed by atoms with Crippen molar-refractivity contribution < 1.29 is 9.59 Å². The fraction of sp³-hybridized carbons (Fsp3) is 0.211. The van der Waals surface area contributed by atoms with Gasteiger partial charge in [0, 0.05) is 12.0 Å². The lowest BCUT2D eigenvalue weighted by molar-refractivity contribution is -0.123. The molecule has 5 heteroatoms. The van der Waals surface area contributed by atoms with Crippen LogP contribution in [0.5, 0.6) is 0 Å². The minimum Gasteiger partial charge on any atom is -0.347 e. The summed E-state index contributed by atoms with van der Waals surface area (Å²) in [5.74, 6) is -0.214. The molecule has 0 unspecified atom stereocenters. The smallest absolute Gasteiger partial charge is 0.251 e. The molecule has 1 fully saturated rings. The molecule has 120 valence electrons. The largest absolute Gasteiger partial charge is 0.347 e. The number of carbonyl (C=O) groups is 2. The van der Waals surface area contributed by atoms with Gasteiger partial charge in [0.05, 0.1) is 23.7 Å². The molecule has 24 heavy (non-hydrogen) atoms. The van der Waals surface area contributed by atoms with E-state index in [0.29, 0.717) is 24.0 Å². The zero-order valence-electron chi connectivity index (χ0n) is 13.0. The van der Waals surface area contributed by atoms with Gasteiger partial charge >= 0.3 is 0 Å². The van der Waals surface area contributed by atoms with Crippen LogP contribution in [-0.2, 0) is 4.79 Å². The summed E-state index contributed by atoms with van der Waals surface area (Å²) in [7, 11) is 0. The highest BCUT2D eigenvalue weighted by atomic mass is 16.2. The van der Waals surface area contributed by atoms with Crippen molar-refractivity contribution in [3.8, 4) is 6.07 Å². The van der Waals surface area contributed by atoms with Crippen molar-refractivity contribution in [3.63, 3.8) is 0 Å². The van der Waals surface area contributed by atoms with E-state index >= 15 is 0 Å². The number of rotatable bonds is 3. The molecule has 0 spiro atoms. The lowest BCUT2D eigenvalue weighted by atomic mass is 9.91. The van der Waals surface area contributed by atoms with Crippen LogP contribution in [0.25, 0.3) is 0 Å². The van der Waals surface area contributed by atoms with Crippen LogP contribution in [0.3, 0.4) is 0 Å². The lowest BCUT2D eigenvalue weighted by Crippen LogP contribution is -2.50. The number of benzene rings is 2. The number of carbonyl (C=O) groups excluding carboxylic acids is 2. The fourth-order valence-corrected chi connectivity index (χ4v) is 2.88. The van der Waals surface area contributed by atoms with Crippen LogP contribution < -0.4 is 10.6 Å². The summed E-state index contributed by atoms with van der Waals surface area (Å²) in [5, 5.41) is 14.8. The molecule has 0 bridgehead atoms. The van der Waals surface area contributed by atoms with Crippen molar-refractivity contribution in [1.29, 1.82) is 5.26 Å². The van der Waals surface area contributed by atoms with E-state index < -0.39 is 0 Å². The number of nitrogens with zero attached hydrogens (tertiary/aromatic N) is 1. The average molecular weight is 319 g/mol. The predicted molar refractivity (Wildman–Crippen MR) is 89.0 cm³/mol. The summed E-state index contributed by atoms with van der Waals surface area (Å²) >= 11 is 0. The highest BCUT2D eigenvalue weighted by molar-refractivity contribution is 5.94. The molecule has 0 radical (unpaired) electrons. The molecule has 2 aromatic rings. The van der Waals surface area contributed by atoms with Gasteiger partial charge in [0.1, 0.15) is 0 Å². The number of piperidine rings is 1. The molecule has 1 aliphatic heterocycles. The molecule has 0 saturated carbocycles. The summed E-state index contributed by atoms with van der Waals surface area (Å²) in [4.78, 5) is 24.2. The van der Waals surface area contributed by atoms with E-state index in [1.807, 2.05) is 36.4 Å². The normalized spacial score (nSPS) is 19.9. The molecule has 2 atom stereocenters. The van der Waals surface area contributed by atoms with Crippen LogP contribution in [0.4, 0.5) is 0 Å². The van der Waals surface area contributed by atoms with E-state index in [2.05, 4.69) is 10.6 Å². The highest BCUT2D eigenvalue weighted by Gasteiger charge is 2.31. The third-order valence-electron chi connectivity index (χ3n) is 4.15. The zero-order chi connectivity index (χ0) is 16.9. The molecule has 0 aliphatic carbocycles. The standard InChI is InChI=1S/C19H17N3O2/c20-12-13-6-8-15(9-7-13)19(24)21-16-10-11-17(23)22-18(16)14-4-2-1-3-5-14/h1-9,16,18H,10-11H2,(H,21,24)(H,22,23)/t16-,18+/m0/s1. The predicted octanol–water partition coefficient (Wildman–Crippen LogP) is 2.31. The second kappa shape index (κ2) is 6.97. The van der Waals surface area contributed by atoms with Gasteiger partial charge in [-0.1, -0.05) is 30.3 Å². The Morgan fingerprint density at radius 3 is 2.50 bits per heavy atom. The van der Waals surface area contributed by atoms with Crippen molar-refractivity contribution in [2.45, 2.75) is 24.9 Å². The third-order valence-corrected chi connectivity index (χ3v) is 4.15. The van der Waals surface area contributed by atoms with Crippen LogP contribution >= 0.6 is 0 Å². The van der Waals surface area contributed by atoms with Gasteiger partial charge in [-0.25, -0.2) is 0 Å². The molecule has 1 heterocycles. The Hall–Kier alpha value is -3.13. The van der Waals surface area contributed by atoms with Crippen LogP contribution in [0.2, 0.25) is 0 Å². The summed E-state index contributed by atoms with van der Waals surface area (Å²) < 4.78 is 0. The Bertz CT molecular complexity index is 779. The molecule has 3 rings (SSSR count). The molecule has 2 amide bonds. The molecular formula is C19H17N3O2. The van der Waals surface area contributed by atoms with Gasteiger partial charge in [-0.2, -0.15) is 5.26 Å². The molecule has 1 aliphatic rings. The lowest BCUT2D eigenvalue weighted by Gasteiger charge is -2.33. The fourth-order valence-electron chi connectivity index (χ4n) is 2.88. The monoisotopic (exact) mass is 319 g/mol. The second-order valence-corrected chi connectivity index (χ2v) is 5.76. The number of hydrogen-bond donors (Lipinski definition) is 2. The number of hydrogen-bond acceptors (Lipinski definition) is 3. The van der Waals surface area contributed by atoms with Crippen LogP contribution in [0, 0.1) is 11.3 Å². The quantitative estimate of drug-likeness (QED) is 0.911. The Morgan fingerprint density at radius 1 is 1.12 bits per heavy atom. The highest BCUT2D eigenvalue weighted by Crippen LogP contribution is 2.24. The SMILES string of the molecule is N#Cc1ccc(C(=O)N[C@H]2CCC(=O)N[C@@H]2c2ccccc2)cc1. The van der Waals surface area contributed by atoms with E-state index in [4.69, 9.17) is 5.26 Å². The summed E-state index contributed by atoms with van der Waals surface area (Å²) in [5.41, 5.74) is 1.98. The summed E-state index contributed by atoms with van der Waals surface area (Å²) in [6, 6.07) is 17.7. The van der Waals surface area contributed by atoms with Crippen LogP contribution in [0.15, 0.2) is 54.6 Å². The van der Waals surface area contributed by atoms with Crippen molar-refractivity contribution in [3.05, 3.63) is 71.3 Å². The Balaban J connectivity index is 1.77. The maximum absolute atomic E-state index is 12.5. The van der Waals surface area contributed by atoms with Crippen molar-refractivity contribution in [2.75, 3.05) is 0 Å². The zero-order valence-corrected chi connectivity index (χ0v) is 13.0.